The van der Waals surface area contributed by atoms with Crippen LogP contribution in [0, 0.1) is 0 Å². The molecule has 1 aromatic heterocycles. The number of hydrogen-bond acceptors (Lipinski definition) is 6. The van der Waals surface area contributed by atoms with E-state index in [1.54, 1.807) is 24.3 Å². The average molecular weight is 372 g/mol. The molecular formula is C19H20N2O6. The van der Waals surface area contributed by atoms with Gasteiger partial charge in [-0.15, -0.1) is 0 Å². The summed E-state index contributed by atoms with van der Waals surface area (Å²) in [6, 6.07) is 6.48. The van der Waals surface area contributed by atoms with Crippen LogP contribution in [0.15, 0.2) is 34.9 Å². The van der Waals surface area contributed by atoms with Crippen molar-refractivity contribution < 1.29 is 28.2 Å². The SMILES string of the molecule is COc1cc(C(=O)N2C[C@@H]3C[C@H]2CO3)cc(NC(=O)c2ccco2)c1OC. The van der Waals surface area contributed by atoms with Gasteiger partial charge in [0.1, 0.15) is 0 Å². The van der Waals surface area contributed by atoms with Gasteiger partial charge in [0.15, 0.2) is 17.3 Å². The van der Waals surface area contributed by atoms with Crippen LogP contribution in [0.1, 0.15) is 27.3 Å². The number of amides is 2. The zero-order chi connectivity index (χ0) is 19.0. The summed E-state index contributed by atoms with van der Waals surface area (Å²) < 4.78 is 21.4. The highest BCUT2D eigenvalue weighted by atomic mass is 16.5. The molecule has 2 bridgehead atoms. The molecule has 1 aromatic carbocycles. The van der Waals surface area contributed by atoms with Crippen LogP contribution in [0.3, 0.4) is 0 Å². The van der Waals surface area contributed by atoms with Crippen LogP contribution in [0.5, 0.6) is 11.5 Å². The number of nitrogens with zero attached hydrogens (tertiary/aromatic N) is 1. The van der Waals surface area contributed by atoms with Crippen LogP contribution in [-0.4, -0.2) is 56.2 Å². The molecule has 2 aliphatic rings. The van der Waals surface area contributed by atoms with Gasteiger partial charge in [0, 0.05) is 12.1 Å². The van der Waals surface area contributed by atoms with Crippen molar-refractivity contribution in [3.8, 4) is 11.5 Å². The molecule has 4 rings (SSSR count). The lowest BCUT2D eigenvalue weighted by atomic mass is 10.1. The highest BCUT2D eigenvalue weighted by Crippen LogP contribution is 2.38. The Balaban J connectivity index is 1.66. The second-order valence-electron chi connectivity index (χ2n) is 6.49. The second kappa shape index (κ2) is 6.96. The lowest BCUT2D eigenvalue weighted by Crippen LogP contribution is -2.41. The highest BCUT2D eigenvalue weighted by Gasteiger charge is 2.41. The number of anilines is 1. The topological polar surface area (TPSA) is 90.2 Å². The van der Waals surface area contributed by atoms with Gasteiger partial charge in [-0.3, -0.25) is 9.59 Å². The third-order valence-corrected chi connectivity index (χ3v) is 4.88. The summed E-state index contributed by atoms with van der Waals surface area (Å²) in [6.07, 6.45) is 2.38. The van der Waals surface area contributed by atoms with Crippen LogP contribution < -0.4 is 14.8 Å². The molecule has 2 amide bonds. The van der Waals surface area contributed by atoms with Crippen LogP contribution in [-0.2, 0) is 4.74 Å². The largest absolute Gasteiger partial charge is 0.493 e. The van der Waals surface area contributed by atoms with Gasteiger partial charge in [0.05, 0.1) is 44.9 Å². The van der Waals surface area contributed by atoms with Gasteiger partial charge >= 0.3 is 0 Å². The summed E-state index contributed by atoms with van der Waals surface area (Å²) in [5, 5.41) is 2.73. The highest BCUT2D eigenvalue weighted by molar-refractivity contribution is 6.05. The van der Waals surface area contributed by atoms with E-state index in [0.29, 0.717) is 35.9 Å². The number of furan rings is 1. The summed E-state index contributed by atoms with van der Waals surface area (Å²) in [5.74, 6) is 0.277. The van der Waals surface area contributed by atoms with Crippen LogP contribution >= 0.6 is 0 Å². The standard InChI is InChI=1S/C19H20N2O6/c1-24-16-7-11(19(23)21-9-13-8-12(21)10-27-13)6-14(17(16)25-2)20-18(22)15-4-3-5-26-15/h3-7,12-13H,8-10H2,1-2H3,(H,20,22)/t12-,13-/m0/s1. The molecule has 27 heavy (non-hydrogen) atoms. The molecule has 2 aromatic rings. The minimum absolute atomic E-state index is 0.0942. The third kappa shape index (κ3) is 3.12. The molecule has 0 aliphatic carbocycles. The third-order valence-electron chi connectivity index (χ3n) is 4.88. The number of ether oxygens (including phenoxy) is 3. The van der Waals surface area contributed by atoms with Crippen LogP contribution in [0.2, 0.25) is 0 Å². The molecule has 8 heteroatoms. The average Bonchev–Trinajstić information content (AvgIpc) is 3.44. The van der Waals surface area contributed by atoms with Crippen molar-refractivity contribution in [3.05, 3.63) is 41.9 Å². The zero-order valence-electron chi connectivity index (χ0n) is 15.1. The number of benzene rings is 1. The molecule has 0 spiro atoms. The molecule has 3 heterocycles. The van der Waals surface area contributed by atoms with Gasteiger partial charge in [-0.1, -0.05) is 0 Å². The Labute approximate surface area is 156 Å². The van der Waals surface area contributed by atoms with E-state index in [1.807, 2.05) is 4.90 Å². The van der Waals surface area contributed by atoms with Gasteiger partial charge in [0.25, 0.3) is 11.8 Å². The Hall–Kier alpha value is -3.00. The molecule has 2 saturated heterocycles. The van der Waals surface area contributed by atoms with Crippen molar-refractivity contribution >= 4 is 17.5 Å². The molecule has 2 fully saturated rings. The number of fused-ring (bicyclic) bond motifs is 2. The maximum atomic E-state index is 13.0. The first kappa shape index (κ1) is 17.4. The van der Waals surface area contributed by atoms with Gasteiger partial charge < -0.3 is 28.8 Å². The van der Waals surface area contributed by atoms with E-state index in [-0.39, 0.29) is 23.8 Å². The fourth-order valence-corrected chi connectivity index (χ4v) is 3.59. The van der Waals surface area contributed by atoms with Gasteiger partial charge in [0.2, 0.25) is 0 Å². The Bertz CT molecular complexity index is 863. The van der Waals surface area contributed by atoms with Crippen LogP contribution in [0.25, 0.3) is 0 Å². The van der Waals surface area contributed by atoms with E-state index in [1.165, 1.54) is 20.5 Å². The normalized spacial score (nSPS) is 20.6. The van der Waals surface area contributed by atoms with Gasteiger partial charge in [-0.05, 0) is 30.7 Å². The smallest absolute Gasteiger partial charge is 0.291 e. The minimum atomic E-state index is -0.446. The quantitative estimate of drug-likeness (QED) is 0.865. The van der Waals surface area contributed by atoms with E-state index in [4.69, 9.17) is 18.6 Å². The summed E-state index contributed by atoms with van der Waals surface area (Å²) in [4.78, 5) is 27.2. The summed E-state index contributed by atoms with van der Waals surface area (Å²) >= 11 is 0. The summed E-state index contributed by atoms with van der Waals surface area (Å²) in [5.41, 5.74) is 0.747. The molecule has 0 unspecified atom stereocenters. The molecule has 1 N–H and O–H groups in total. The van der Waals surface area contributed by atoms with E-state index < -0.39 is 5.91 Å². The van der Waals surface area contributed by atoms with Crippen molar-refractivity contribution in [1.82, 2.24) is 4.90 Å². The zero-order valence-corrected chi connectivity index (χ0v) is 15.1. The lowest BCUT2D eigenvalue weighted by Gasteiger charge is -2.27. The molecule has 2 aliphatic heterocycles. The Kier molecular flexibility index (Phi) is 4.49. The summed E-state index contributed by atoms with van der Waals surface area (Å²) in [7, 11) is 2.95. The fourth-order valence-electron chi connectivity index (χ4n) is 3.59. The molecule has 0 radical (unpaired) electrons. The number of rotatable bonds is 5. The van der Waals surface area contributed by atoms with Crippen LogP contribution in [0.4, 0.5) is 5.69 Å². The van der Waals surface area contributed by atoms with E-state index in [0.717, 1.165) is 6.42 Å². The second-order valence-corrected chi connectivity index (χ2v) is 6.49. The Morgan fingerprint density at radius 3 is 2.70 bits per heavy atom. The first-order valence-corrected chi connectivity index (χ1v) is 8.64. The number of carbonyl (C=O) groups excluding carboxylic acids is 2. The predicted octanol–water partition coefficient (Wildman–Crippen LogP) is 2.16. The summed E-state index contributed by atoms with van der Waals surface area (Å²) in [6.45, 7) is 1.14. The lowest BCUT2D eigenvalue weighted by molar-refractivity contribution is 0.0259. The first-order chi connectivity index (χ1) is 13.1. The van der Waals surface area contributed by atoms with Crippen molar-refractivity contribution in [2.75, 3.05) is 32.7 Å². The Morgan fingerprint density at radius 2 is 2.11 bits per heavy atom. The number of nitrogens with one attached hydrogen (secondary N) is 1. The maximum Gasteiger partial charge on any atom is 0.291 e. The monoisotopic (exact) mass is 372 g/mol. The number of carbonyl (C=O) groups is 2. The number of morpholine rings is 1. The predicted molar refractivity (Wildman–Crippen MR) is 95.4 cm³/mol. The minimum Gasteiger partial charge on any atom is -0.493 e. The van der Waals surface area contributed by atoms with Crippen molar-refractivity contribution in [2.24, 2.45) is 0 Å². The van der Waals surface area contributed by atoms with E-state index in [2.05, 4.69) is 5.32 Å². The first-order valence-electron chi connectivity index (χ1n) is 8.64. The van der Waals surface area contributed by atoms with Gasteiger partial charge in [-0.25, -0.2) is 0 Å². The molecule has 2 atom stereocenters. The van der Waals surface area contributed by atoms with E-state index >= 15 is 0 Å². The van der Waals surface area contributed by atoms with Gasteiger partial charge in [-0.2, -0.15) is 0 Å². The molecular weight excluding hydrogens is 352 g/mol. The number of methoxy groups -OCH3 is 2. The van der Waals surface area contributed by atoms with E-state index in [9.17, 15) is 9.59 Å². The molecule has 8 nitrogen and oxygen atoms in total. The van der Waals surface area contributed by atoms with Crippen molar-refractivity contribution in [1.29, 1.82) is 0 Å². The molecule has 0 saturated carbocycles. The van der Waals surface area contributed by atoms with Crippen molar-refractivity contribution in [3.63, 3.8) is 0 Å². The maximum absolute atomic E-state index is 13.0. The fraction of sp³-hybridized carbons (Fsp3) is 0.368. The number of likely N-dealkylation sites (tertiary alicyclic amines) is 1. The van der Waals surface area contributed by atoms with Crippen molar-refractivity contribution in [2.45, 2.75) is 18.6 Å². The number of hydrogen-bond donors (Lipinski definition) is 1. The Morgan fingerprint density at radius 1 is 1.26 bits per heavy atom. The molecule has 142 valence electrons.